The number of halogens is 1. The third kappa shape index (κ3) is 4.45. The standard InChI is InChI=1S/C19H21FN2O4S/c1-13-3-8-17(27(24,25)21-16-6-4-15(20)5-7-16)11-18(13)19(23)22-9-10-26-14(2)12-22/h3-8,11,14,21H,9-10,12H2,1-2H3. The van der Waals surface area contributed by atoms with E-state index < -0.39 is 15.8 Å². The summed E-state index contributed by atoms with van der Waals surface area (Å²) < 4.78 is 46.2. The third-order valence-corrected chi connectivity index (χ3v) is 5.75. The molecular weight excluding hydrogens is 371 g/mol. The Kier molecular flexibility index (Phi) is 5.48. The second kappa shape index (κ2) is 7.66. The number of carbonyl (C=O) groups is 1. The number of aryl methyl sites for hydroxylation is 1. The van der Waals surface area contributed by atoms with E-state index in [1.807, 2.05) is 6.92 Å². The van der Waals surface area contributed by atoms with E-state index in [0.29, 0.717) is 30.8 Å². The summed E-state index contributed by atoms with van der Waals surface area (Å²) in [7, 11) is -3.91. The molecule has 2 aromatic carbocycles. The molecule has 1 aliphatic heterocycles. The Labute approximate surface area is 158 Å². The molecule has 1 N–H and O–H groups in total. The first-order chi connectivity index (χ1) is 12.8. The van der Waals surface area contributed by atoms with Crippen molar-refractivity contribution in [3.63, 3.8) is 0 Å². The molecule has 0 saturated carbocycles. The Morgan fingerprint density at radius 1 is 1.22 bits per heavy atom. The molecule has 3 rings (SSSR count). The number of ether oxygens (including phenoxy) is 1. The maximum atomic E-state index is 13.0. The molecule has 1 atom stereocenters. The number of anilines is 1. The van der Waals surface area contributed by atoms with Gasteiger partial charge in [0.2, 0.25) is 0 Å². The molecular formula is C19H21FN2O4S. The number of nitrogens with one attached hydrogen (secondary N) is 1. The van der Waals surface area contributed by atoms with Crippen molar-refractivity contribution in [3.8, 4) is 0 Å². The zero-order chi connectivity index (χ0) is 19.6. The summed E-state index contributed by atoms with van der Waals surface area (Å²) in [6, 6.07) is 9.44. The summed E-state index contributed by atoms with van der Waals surface area (Å²) in [6.07, 6.45) is -0.0601. The second-order valence-corrected chi connectivity index (χ2v) is 8.20. The molecule has 27 heavy (non-hydrogen) atoms. The monoisotopic (exact) mass is 392 g/mol. The second-order valence-electron chi connectivity index (χ2n) is 6.52. The van der Waals surface area contributed by atoms with Gasteiger partial charge in [-0.25, -0.2) is 12.8 Å². The molecule has 0 radical (unpaired) electrons. The molecule has 0 aliphatic carbocycles. The summed E-state index contributed by atoms with van der Waals surface area (Å²) in [4.78, 5) is 14.5. The van der Waals surface area contributed by atoms with Gasteiger partial charge in [0.25, 0.3) is 15.9 Å². The SMILES string of the molecule is Cc1ccc(S(=O)(=O)Nc2ccc(F)cc2)cc1C(=O)N1CCOC(C)C1. The first kappa shape index (κ1) is 19.3. The number of amides is 1. The zero-order valence-corrected chi connectivity index (χ0v) is 15.9. The molecule has 2 aromatic rings. The van der Waals surface area contributed by atoms with E-state index in [4.69, 9.17) is 4.74 Å². The number of benzene rings is 2. The molecule has 144 valence electrons. The van der Waals surface area contributed by atoms with Crippen LogP contribution in [0.1, 0.15) is 22.8 Å². The maximum absolute atomic E-state index is 13.0. The summed E-state index contributed by atoms with van der Waals surface area (Å²) in [6.45, 7) is 5.03. The number of carbonyl (C=O) groups excluding carboxylic acids is 1. The predicted octanol–water partition coefficient (Wildman–Crippen LogP) is 2.80. The maximum Gasteiger partial charge on any atom is 0.261 e. The van der Waals surface area contributed by atoms with Gasteiger partial charge >= 0.3 is 0 Å². The number of rotatable bonds is 4. The molecule has 1 heterocycles. The van der Waals surface area contributed by atoms with Crippen LogP contribution in [-0.4, -0.2) is 45.0 Å². The molecule has 0 spiro atoms. The van der Waals surface area contributed by atoms with Crippen LogP contribution in [0.2, 0.25) is 0 Å². The van der Waals surface area contributed by atoms with Crippen molar-refractivity contribution < 1.29 is 22.3 Å². The highest BCUT2D eigenvalue weighted by atomic mass is 32.2. The van der Waals surface area contributed by atoms with E-state index in [-0.39, 0.29) is 22.6 Å². The molecule has 6 nitrogen and oxygen atoms in total. The Morgan fingerprint density at radius 3 is 2.59 bits per heavy atom. The van der Waals surface area contributed by atoms with E-state index >= 15 is 0 Å². The quantitative estimate of drug-likeness (QED) is 0.868. The van der Waals surface area contributed by atoms with Crippen LogP contribution in [0.3, 0.4) is 0 Å². The molecule has 1 amide bonds. The third-order valence-electron chi connectivity index (χ3n) is 4.37. The lowest BCUT2D eigenvalue weighted by Crippen LogP contribution is -2.44. The van der Waals surface area contributed by atoms with Gasteiger partial charge in [-0.05, 0) is 55.8 Å². The van der Waals surface area contributed by atoms with Gasteiger partial charge in [-0.1, -0.05) is 6.07 Å². The van der Waals surface area contributed by atoms with Crippen LogP contribution in [-0.2, 0) is 14.8 Å². The summed E-state index contributed by atoms with van der Waals surface area (Å²) in [5.41, 5.74) is 1.28. The van der Waals surface area contributed by atoms with Crippen LogP contribution < -0.4 is 4.72 Å². The predicted molar refractivity (Wildman–Crippen MR) is 99.7 cm³/mol. The van der Waals surface area contributed by atoms with Gasteiger partial charge in [-0.3, -0.25) is 9.52 Å². The molecule has 8 heteroatoms. The normalized spacial score (nSPS) is 17.6. The molecule has 1 unspecified atom stereocenters. The average Bonchev–Trinajstić information content (AvgIpc) is 2.63. The highest BCUT2D eigenvalue weighted by molar-refractivity contribution is 7.92. The van der Waals surface area contributed by atoms with Crippen molar-refractivity contribution >= 4 is 21.6 Å². The van der Waals surface area contributed by atoms with Crippen LogP contribution in [0, 0.1) is 12.7 Å². The van der Waals surface area contributed by atoms with Gasteiger partial charge in [0.05, 0.1) is 17.6 Å². The van der Waals surface area contributed by atoms with Crippen LogP contribution in [0.15, 0.2) is 47.4 Å². The lowest BCUT2D eigenvalue weighted by molar-refractivity contribution is -0.0124. The van der Waals surface area contributed by atoms with Crippen LogP contribution in [0.4, 0.5) is 10.1 Å². The number of morpholine rings is 1. The van der Waals surface area contributed by atoms with Gasteiger partial charge in [0.1, 0.15) is 5.82 Å². The van der Waals surface area contributed by atoms with Crippen molar-refractivity contribution in [1.82, 2.24) is 4.90 Å². The molecule has 1 aliphatic rings. The minimum Gasteiger partial charge on any atom is -0.375 e. The van der Waals surface area contributed by atoms with Crippen molar-refractivity contribution in [3.05, 3.63) is 59.4 Å². The minimum absolute atomic E-state index is 0.0258. The van der Waals surface area contributed by atoms with Gasteiger partial charge in [0, 0.05) is 24.3 Å². The fourth-order valence-corrected chi connectivity index (χ4v) is 3.99. The minimum atomic E-state index is -3.91. The van der Waals surface area contributed by atoms with Gasteiger partial charge in [0.15, 0.2) is 0 Å². The highest BCUT2D eigenvalue weighted by Gasteiger charge is 2.25. The van der Waals surface area contributed by atoms with Crippen LogP contribution in [0.5, 0.6) is 0 Å². The highest BCUT2D eigenvalue weighted by Crippen LogP contribution is 2.21. The van der Waals surface area contributed by atoms with Crippen LogP contribution >= 0.6 is 0 Å². The van der Waals surface area contributed by atoms with Crippen LogP contribution in [0.25, 0.3) is 0 Å². The average molecular weight is 392 g/mol. The van der Waals surface area contributed by atoms with Gasteiger partial charge in [-0.15, -0.1) is 0 Å². The first-order valence-electron chi connectivity index (χ1n) is 8.56. The Balaban J connectivity index is 1.87. The molecule has 0 bridgehead atoms. The number of nitrogens with zero attached hydrogens (tertiary/aromatic N) is 1. The zero-order valence-electron chi connectivity index (χ0n) is 15.1. The number of hydrogen-bond donors (Lipinski definition) is 1. The molecule has 0 aromatic heterocycles. The Morgan fingerprint density at radius 2 is 1.93 bits per heavy atom. The van der Waals surface area contributed by atoms with Crippen molar-refractivity contribution in [2.75, 3.05) is 24.4 Å². The van der Waals surface area contributed by atoms with E-state index in [0.717, 1.165) is 0 Å². The van der Waals surface area contributed by atoms with E-state index in [9.17, 15) is 17.6 Å². The topological polar surface area (TPSA) is 75.7 Å². The summed E-state index contributed by atoms with van der Waals surface area (Å²) in [5, 5.41) is 0. The fourth-order valence-electron chi connectivity index (χ4n) is 2.90. The first-order valence-corrected chi connectivity index (χ1v) is 10.0. The van der Waals surface area contributed by atoms with Gasteiger partial charge in [-0.2, -0.15) is 0 Å². The lowest BCUT2D eigenvalue weighted by Gasteiger charge is -2.31. The van der Waals surface area contributed by atoms with Gasteiger partial charge < -0.3 is 9.64 Å². The Hall–Kier alpha value is -2.45. The summed E-state index contributed by atoms with van der Waals surface area (Å²) >= 11 is 0. The van der Waals surface area contributed by atoms with E-state index in [1.165, 1.54) is 36.4 Å². The fraction of sp³-hybridized carbons (Fsp3) is 0.316. The summed E-state index contributed by atoms with van der Waals surface area (Å²) in [5.74, 6) is -0.678. The number of sulfonamides is 1. The van der Waals surface area contributed by atoms with E-state index in [2.05, 4.69) is 4.72 Å². The molecule has 1 saturated heterocycles. The largest absolute Gasteiger partial charge is 0.375 e. The number of hydrogen-bond acceptors (Lipinski definition) is 4. The van der Waals surface area contributed by atoms with Crippen molar-refractivity contribution in [2.24, 2.45) is 0 Å². The molecule has 1 fully saturated rings. The lowest BCUT2D eigenvalue weighted by atomic mass is 10.1. The van der Waals surface area contributed by atoms with Crippen molar-refractivity contribution in [2.45, 2.75) is 24.8 Å². The van der Waals surface area contributed by atoms with E-state index in [1.54, 1.807) is 17.9 Å². The smallest absolute Gasteiger partial charge is 0.261 e. The van der Waals surface area contributed by atoms with Crippen molar-refractivity contribution in [1.29, 1.82) is 0 Å². The Bertz CT molecular complexity index is 945.